The number of allylic oxidation sites excluding steroid dienone is 3. The van der Waals surface area contributed by atoms with E-state index in [2.05, 4.69) is 4.79 Å². The van der Waals surface area contributed by atoms with Gasteiger partial charge in [0.1, 0.15) is 0 Å². The molecule has 14 heavy (non-hydrogen) atoms. The Morgan fingerprint density at radius 2 is 2.50 bits per heavy atom. The Morgan fingerprint density at radius 3 is 3.00 bits per heavy atom. The molecule has 0 N–H and O–H groups in total. The largest absolute Gasteiger partial charge is 0.470 e. The lowest BCUT2D eigenvalue weighted by atomic mass is 10.1. The van der Waals surface area contributed by atoms with Crippen LogP contribution in [0.4, 0.5) is 0 Å². The summed E-state index contributed by atoms with van der Waals surface area (Å²) in [5, 5.41) is 10.4. The molecule has 0 amide bonds. The molecule has 0 bridgehead atoms. The topological polar surface area (TPSA) is 88.8 Å². The quantitative estimate of drug-likeness (QED) is 0.234. The van der Waals surface area contributed by atoms with Gasteiger partial charge in [0, 0.05) is 6.08 Å². The van der Waals surface area contributed by atoms with Crippen LogP contribution in [0.1, 0.15) is 6.42 Å². The summed E-state index contributed by atoms with van der Waals surface area (Å²) < 4.78 is 4.86. The molecule has 0 aliphatic heterocycles. The smallest absolute Gasteiger partial charge is 0.337 e. The summed E-state index contributed by atoms with van der Waals surface area (Å²) in [6, 6.07) is -0.157. The lowest BCUT2D eigenvalue weighted by molar-refractivity contribution is -0.419. The number of nitrogens with zero attached hydrogens (tertiary/aromatic N) is 3. The molecule has 6 nitrogen and oxygen atoms in total. The maximum Gasteiger partial charge on any atom is 0.337 e. The van der Waals surface area contributed by atoms with E-state index in [1.165, 1.54) is 12.2 Å². The molecule has 0 saturated carbocycles. The molecule has 74 valence electrons. The van der Waals surface area contributed by atoms with Gasteiger partial charge in [0.25, 0.3) is 5.70 Å². The monoisotopic (exact) mass is 215 g/mol. The van der Waals surface area contributed by atoms with Gasteiger partial charge in [-0.15, -0.1) is 0 Å². The Labute approximate surface area is 84.2 Å². The number of rotatable bonds is 3. The second-order valence-corrected chi connectivity index (χ2v) is 2.62. The summed E-state index contributed by atoms with van der Waals surface area (Å²) in [4.78, 5) is 12.8. The van der Waals surface area contributed by atoms with E-state index in [0.29, 0.717) is 0 Å². The fourth-order valence-electron chi connectivity index (χ4n) is 0.979. The third-order valence-corrected chi connectivity index (χ3v) is 1.72. The van der Waals surface area contributed by atoms with Crippen LogP contribution in [0.15, 0.2) is 23.6 Å². The molecule has 0 unspecified atom stereocenters. The van der Waals surface area contributed by atoms with Crippen molar-refractivity contribution in [1.29, 1.82) is 0 Å². The minimum Gasteiger partial charge on any atom is -0.470 e. The molecule has 0 heterocycles. The van der Waals surface area contributed by atoms with Crippen molar-refractivity contribution in [2.24, 2.45) is 0 Å². The van der Waals surface area contributed by atoms with Gasteiger partial charge in [-0.2, -0.15) is 4.79 Å². The van der Waals surface area contributed by atoms with Crippen molar-refractivity contribution in [3.05, 3.63) is 39.3 Å². The van der Waals surface area contributed by atoms with E-state index < -0.39 is 4.92 Å². The number of nitro groups is 1. The summed E-state index contributed by atoms with van der Waals surface area (Å²) in [5.74, 6) is 0.122. The first-order valence-electron chi connectivity index (χ1n) is 3.65. The van der Waals surface area contributed by atoms with Gasteiger partial charge < -0.3 is 10.3 Å². The van der Waals surface area contributed by atoms with Crippen LogP contribution in [0.5, 0.6) is 0 Å². The van der Waals surface area contributed by atoms with Gasteiger partial charge in [0.15, 0.2) is 6.07 Å². The van der Waals surface area contributed by atoms with E-state index >= 15 is 0 Å². The fourth-order valence-corrected chi connectivity index (χ4v) is 1.10. The molecule has 0 aromatic heterocycles. The molecular formula is C7H6ClN3O3. The molecule has 0 spiro atoms. The minimum atomic E-state index is -0.550. The van der Waals surface area contributed by atoms with Gasteiger partial charge in [0.05, 0.1) is 17.4 Å². The molecule has 7 heteroatoms. The Kier molecular flexibility index (Phi) is 3.39. The number of hydrogen-bond donors (Lipinski definition) is 0. The van der Waals surface area contributed by atoms with Gasteiger partial charge in [-0.3, -0.25) is 10.1 Å². The van der Waals surface area contributed by atoms with Crippen molar-refractivity contribution in [2.75, 3.05) is 6.07 Å². The van der Waals surface area contributed by atoms with Crippen molar-refractivity contribution in [3.63, 3.8) is 0 Å². The minimum absolute atomic E-state index is 0.0995. The molecular weight excluding hydrogens is 210 g/mol. The second-order valence-electron chi connectivity index (χ2n) is 2.40. The normalized spacial score (nSPS) is 15.4. The standard InChI is InChI=1S/C7H6ClN3O3/c8-4-14-7-3-5(11(12)13)1-2-6(7)10-9/h1,3H,2,4H2. The SMILES string of the molecule is [N-]=[N+]=C1CC=C([N+](=O)[O-])C=C1OCCl. The highest BCUT2D eigenvalue weighted by Gasteiger charge is 2.25. The predicted molar refractivity (Wildman–Crippen MR) is 48.2 cm³/mol. The molecule has 1 aliphatic carbocycles. The lowest BCUT2D eigenvalue weighted by Gasteiger charge is -2.05. The number of alkyl halides is 1. The summed E-state index contributed by atoms with van der Waals surface area (Å²) >= 11 is 5.30. The van der Waals surface area contributed by atoms with Crippen LogP contribution in [0, 0.1) is 10.1 Å². The van der Waals surface area contributed by atoms with Gasteiger partial charge >= 0.3 is 5.71 Å². The summed E-state index contributed by atoms with van der Waals surface area (Å²) in [5.41, 5.74) is 8.66. The van der Waals surface area contributed by atoms with Gasteiger partial charge in [-0.1, -0.05) is 11.6 Å². The van der Waals surface area contributed by atoms with Crippen LogP contribution < -0.4 is 0 Å². The molecule has 0 radical (unpaired) electrons. The van der Waals surface area contributed by atoms with Crippen molar-refractivity contribution in [1.82, 2.24) is 0 Å². The Morgan fingerprint density at radius 1 is 1.79 bits per heavy atom. The zero-order valence-electron chi connectivity index (χ0n) is 7.01. The van der Waals surface area contributed by atoms with Gasteiger partial charge in [-0.05, 0) is 0 Å². The van der Waals surface area contributed by atoms with Crippen molar-refractivity contribution in [3.8, 4) is 0 Å². The molecule has 1 rings (SSSR count). The number of ether oxygens (including phenoxy) is 1. The first-order chi connectivity index (χ1) is 6.69. The molecule has 0 aromatic carbocycles. The van der Waals surface area contributed by atoms with Crippen LogP contribution >= 0.6 is 11.6 Å². The third-order valence-electron chi connectivity index (χ3n) is 1.61. The van der Waals surface area contributed by atoms with E-state index in [-0.39, 0.29) is 29.7 Å². The lowest BCUT2D eigenvalue weighted by Crippen LogP contribution is -2.13. The molecule has 1 aliphatic rings. The Bertz CT molecular complexity index is 368. The molecule has 0 aromatic rings. The van der Waals surface area contributed by atoms with E-state index in [1.807, 2.05) is 0 Å². The Hall–Kier alpha value is -1.65. The van der Waals surface area contributed by atoms with Crippen LogP contribution in [0.3, 0.4) is 0 Å². The fraction of sp³-hybridized carbons (Fsp3) is 0.286. The zero-order valence-corrected chi connectivity index (χ0v) is 7.77. The van der Waals surface area contributed by atoms with Gasteiger partial charge in [0.2, 0.25) is 5.76 Å². The number of halogens is 1. The Balaban J connectivity index is 2.98. The van der Waals surface area contributed by atoms with Gasteiger partial charge in [-0.25, -0.2) is 0 Å². The van der Waals surface area contributed by atoms with Crippen LogP contribution in [-0.2, 0) is 4.74 Å². The zero-order chi connectivity index (χ0) is 10.6. The van der Waals surface area contributed by atoms with Crippen LogP contribution in [0.2, 0.25) is 0 Å². The van der Waals surface area contributed by atoms with E-state index in [4.69, 9.17) is 21.9 Å². The first kappa shape index (κ1) is 10.4. The van der Waals surface area contributed by atoms with Crippen LogP contribution in [-0.4, -0.2) is 21.5 Å². The van der Waals surface area contributed by atoms with Crippen molar-refractivity contribution in [2.45, 2.75) is 6.42 Å². The molecule has 0 saturated heterocycles. The van der Waals surface area contributed by atoms with E-state index in [1.54, 1.807) is 0 Å². The third kappa shape index (κ3) is 2.18. The maximum atomic E-state index is 10.4. The summed E-state index contributed by atoms with van der Waals surface area (Å²) in [6.45, 7) is 0. The highest BCUT2D eigenvalue weighted by atomic mass is 35.5. The maximum absolute atomic E-state index is 10.4. The highest BCUT2D eigenvalue weighted by molar-refractivity contribution is 6.17. The second kappa shape index (κ2) is 4.55. The first-order valence-corrected chi connectivity index (χ1v) is 4.18. The molecule has 0 atom stereocenters. The average Bonchev–Trinajstić information content (AvgIpc) is 2.18. The average molecular weight is 216 g/mol. The predicted octanol–water partition coefficient (Wildman–Crippen LogP) is 1.32. The number of hydrogen-bond acceptors (Lipinski definition) is 3. The van der Waals surface area contributed by atoms with E-state index in [0.717, 1.165) is 0 Å². The highest BCUT2D eigenvalue weighted by Crippen LogP contribution is 2.15. The molecule has 0 fully saturated rings. The van der Waals surface area contributed by atoms with E-state index in [9.17, 15) is 10.1 Å². The van der Waals surface area contributed by atoms with Crippen molar-refractivity contribution < 1.29 is 14.5 Å². The van der Waals surface area contributed by atoms with Crippen LogP contribution in [0.25, 0.3) is 5.53 Å². The van der Waals surface area contributed by atoms with Crippen molar-refractivity contribution >= 4 is 17.3 Å². The summed E-state index contributed by atoms with van der Waals surface area (Å²) in [7, 11) is 0. The summed E-state index contributed by atoms with van der Waals surface area (Å²) in [6.07, 6.45) is 2.65.